The molecule has 2 aromatic carbocycles. The molecular formula is C20H21ClN2O2S. The fraction of sp³-hybridized carbons (Fsp3) is 0.300. The molecule has 1 aliphatic heterocycles. The Kier molecular flexibility index (Phi) is 4.78. The quantitative estimate of drug-likeness (QED) is 0.717. The summed E-state index contributed by atoms with van der Waals surface area (Å²) in [6.45, 7) is 1.11. The molecule has 0 saturated carbocycles. The van der Waals surface area contributed by atoms with Crippen LogP contribution in [0.4, 0.5) is 0 Å². The summed E-state index contributed by atoms with van der Waals surface area (Å²) >= 11 is 5.95. The Morgan fingerprint density at radius 3 is 2.62 bits per heavy atom. The number of sulfonamides is 1. The van der Waals surface area contributed by atoms with Gasteiger partial charge < -0.3 is 4.98 Å². The second-order valence-electron chi connectivity index (χ2n) is 6.87. The van der Waals surface area contributed by atoms with E-state index in [0.717, 1.165) is 24.8 Å². The maximum Gasteiger partial charge on any atom is 0.243 e. The number of H-pyrrole nitrogens is 1. The van der Waals surface area contributed by atoms with Crippen molar-refractivity contribution < 1.29 is 8.42 Å². The van der Waals surface area contributed by atoms with Crippen LogP contribution < -0.4 is 0 Å². The average Bonchev–Trinajstić information content (AvgIpc) is 3.05. The predicted octanol–water partition coefficient (Wildman–Crippen LogP) is 4.46. The van der Waals surface area contributed by atoms with Gasteiger partial charge in [0.1, 0.15) is 0 Å². The molecule has 0 spiro atoms. The van der Waals surface area contributed by atoms with E-state index >= 15 is 0 Å². The Morgan fingerprint density at radius 2 is 1.85 bits per heavy atom. The third-order valence-electron chi connectivity index (χ3n) is 5.19. The summed E-state index contributed by atoms with van der Waals surface area (Å²) in [6.07, 6.45) is 4.81. The number of halogens is 1. The van der Waals surface area contributed by atoms with Gasteiger partial charge in [-0.3, -0.25) is 0 Å². The highest BCUT2D eigenvalue weighted by atomic mass is 35.5. The highest BCUT2D eigenvalue weighted by Crippen LogP contribution is 2.29. The van der Waals surface area contributed by atoms with Crippen molar-refractivity contribution in [2.24, 2.45) is 5.92 Å². The summed E-state index contributed by atoms with van der Waals surface area (Å²) in [7, 11) is -3.46. The molecule has 4 rings (SSSR count). The molecular weight excluding hydrogens is 368 g/mol. The number of benzene rings is 2. The van der Waals surface area contributed by atoms with Crippen molar-refractivity contribution in [1.82, 2.24) is 9.29 Å². The first-order valence-corrected chi connectivity index (χ1v) is 10.7. The lowest BCUT2D eigenvalue weighted by Crippen LogP contribution is -2.38. The number of nitrogens with one attached hydrogen (secondary N) is 1. The van der Waals surface area contributed by atoms with Gasteiger partial charge in [0.05, 0.1) is 4.90 Å². The fourth-order valence-corrected chi connectivity index (χ4v) is 5.51. The van der Waals surface area contributed by atoms with E-state index in [-0.39, 0.29) is 4.90 Å². The lowest BCUT2D eigenvalue weighted by Gasteiger charge is -2.31. The Hall–Kier alpha value is -1.82. The molecule has 1 N–H and O–H groups in total. The van der Waals surface area contributed by atoms with Gasteiger partial charge in [0, 0.05) is 35.2 Å². The van der Waals surface area contributed by atoms with Gasteiger partial charge in [-0.25, -0.2) is 8.42 Å². The third kappa shape index (κ3) is 3.39. The van der Waals surface area contributed by atoms with E-state index in [4.69, 9.17) is 11.6 Å². The fourth-order valence-electron chi connectivity index (χ4n) is 3.74. The van der Waals surface area contributed by atoms with Crippen molar-refractivity contribution in [3.05, 3.63) is 65.3 Å². The maximum absolute atomic E-state index is 12.8. The average molecular weight is 389 g/mol. The molecule has 0 atom stereocenters. The topological polar surface area (TPSA) is 53.2 Å². The minimum atomic E-state index is -3.46. The molecule has 0 unspecified atom stereocenters. The number of para-hydroxylation sites is 1. The molecule has 1 aliphatic rings. The smallest absolute Gasteiger partial charge is 0.243 e. The molecule has 0 aliphatic carbocycles. The summed E-state index contributed by atoms with van der Waals surface area (Å²) in [5, 5.41) is 1.71. The lowest BCUT2D eigenvalue weighted by molar-refractivity contribution is 0.273. The van der Waals surface area contributed by atoms with Crippen LogP contribution in [0.25, 0.3) is 10.9 Å². The third-order valence-corrected chi connectivity index (χ3v) is 7.32. The first-order chi connectivity index (χ1) is 12.5. The number of piperidine rings is 1. The molecule has 0 amide bonds. The molecule has 3 aromatic rings. The molecule has 4 nitrogen and oxygen atoms in total. The van der Waals surface area contributed by atoms with E-state index in [1.807, 2.05) is 6.07 Å². The monoisotopic (exact) mass is 388 g/mol. The number of fused-ring (bicyclic) bond motifs is 1. The lowest BCUT2D eigenvalue weighted by atomic mass is 9.91. The standard InChI is InChI=1S/C20H21ClN2O2S/c21-17-4-3-5-18(13-17)26(24,25)23-10-8-15(9-11-23)12-16-14-22-20-7-2-1-6-19(16)20/h1-7,13-15,22H,8-12H2. The van der Waals surface area contributed by atoms with E-state index in [9.17, 15) is 8.42 Å². The van der Waals surface area contributed by atoms with Gasteiger partial charge in [0.2, 0.25) is 10.0 Å². The van der Waals surface area contributed by atoms with Crippen LogP contribution in [0.15, 0.2) is 59.6 Å². The van der Waals surface area contributed by atoms with Gasteiger partial charge >= 0.3 is 0 Å². The summed E-state index contributed by atoms with van der Waals surface area (Å²) in [5.41, 5.74) is 2.47. The molecule has 2 heterocycles. The van der Waals surface area contributed by atoms with Crippen LogP contribution in [-0.4, -0.2) is 30.8 Å². The summed E-state index contributed by atoms with van der Waals surface area (Å²) < 4.78 is 27.2. The first kappa shape index (κ1) is 17.6. The number of aromatic nitrogens is 1. The van der Waals surface area contributed by atoms with Gasteiger partial charge in [-0.1, -0.05) is 35.9 Å². The normalized spacial score (nSPS) is 17.0. The highest BCUT2D eigenvalue weighted by Gasteiger charge is 2.29. The second-order valence-corrected chi connectivity index (χ2v) is 9.24. The number of hydrogen-bond acceptors (Lipinski definition) is 2. The molecule has 6 heteroatoms. The van der Waals surface area contributed by atoms with Gasteiger partial charge in [0.25, 0.3) is 0 Å². The maximum atomic E-state index is 12.8. The minimum Gasteiger partial charge on any atom is -0.361 e. The van der Waals surface area contributed by atoms with Crippen LogP contribution in [0.1, 0.15) is 18.4 Å². The zero-order chi connectivity index (χ0) is 18.1. The van der Waals surface area contributed by atoms with Crippen molar-refractivity contribution in [1.29, 1.82) is 0 Å². The largest absolute Gasteiger partial charge is 0.361 e. The number of nitrogens with zero attached hydrogens (tertiary/aromatic N) is 1. The molecule has 0 bridgehead atoms. The van der Waals surface area contributed by atoms with Crippen LogP contribution in [-0.2, 0) is 16.4 Å². The number of rotatable bonds is 4. The molecule has 1 aromatic heterocycles. The summed E-state index contributed by atoms with van der Waals surface area (Å²) in [6, 6.07) is 14.8. The van der Waals surface area contributed by atoms with Crippen molar-refractivity contribution in [2.75, 3.05) is 13.1 Å². The first-order valence-electron chi connectivity index (χ1n) is 8.85. The van der Waals surface area contributed by atoms with Gasteiger partial charge in [0.15, 0.2) is 0 Å². The van der Waals surface area contributed by atoms with Gasteiger partial charge in [-0.2, -0.15) is 4.31 Å². The van der Waals surface area contributed by atoms with E-state index < -0.39 is 10.0 Å². The van der Waals surface area contributed by atoms with Crippen LogP contribution >= 0.6 is 11.6 Å². The zero-order valence-electron chi connectivity index (χ0n) is 14.4. The predicted molar refractivity (Wildman–Crippen MR) is 105 cm³/mol. The Balaban J connectivity index is 1.44. The van der Waals surface area contributed by atoms with E-state index in [0.29, 0.717) is 24.0 Å². The highest BCUT2D eigenvalue weighted by molar-refractivity contribution is 7.89. The van der Waals surface area contributed by atoms with Crippen LogP contribution in [0.5, 0.6) is 0 Å². The SMILES string of the molecule is O=S(=O)(c1cccc(Cl)c1)N1CCC(Cc2c[nH]c3ccccc23)CC1. The van der Waals surface area contributed by atoms with Crippen molar-refractivity contribution >= 4 is 32.5 Å². The van der Waals surface area contributed by atoms with Crippen molar-refractivity contribution in [3.8, 4) is 0 Å². The summed E-state index contributed by atoms with van der Waals surface area (Å²) in [5.74, 6) is 0.500. The molecule has 1 fully saturated rings. The van der Waals surface area contributed by atoms with Crippen molar-refractivity contribution in [3.63, 3.8) is 0 Å². The Bertz CT molecular complexity index is 1020. The van der Waals surface area contributed by atoms with E-state index in [1.165, 1.54) is 17.0 Å². The second kappa shape index (κ2) is 7.06. The van der Waals surface area contributed by atoms with E-state index in [2.05, 4.69) is 29.4 Å². The Labute approximate surface area is 158 Å². The molecule has 1 saturated heterocycles. The Morgan fingerprint density at radius 1 is 1.08 bits per heavy atom. The molecule has 0 radical (unpaired) electrons. The van der Waals surface area contributed by atoms with Crippen LogP contribution in [0.2, 0.25) is 5.02 Å². The van der Waals surface area contributed by atoms with Crippen LogP contribution in [0, 0.1) is 5.92 Å². The van der Waals surface area contributed by atoms with Gasteiger partial charge in [-0.05, 0) is 55.0 Å². The minimum absolute atomic E-state index is 0.278. The number of hydrogen-bond donors (Lipinski definition) is 1. The van der Waals surface area contributed by atoms with E-state index in [1.54, 1.807) is 22.5 Å². The van der Waals surface area contributed by atoms with Crippen molar-refractivity contribution in [2.45, 2.75) is 24.2 Å². The molecule has 136 valence electrons. The van der Waals surface area contributed by atoms with Crippen LogP contribution in [0.3, 0.4) is 0 Å². The molecule has 26 heavy (non-hydrogen) atoms. The van der Waals surface area contributed by atoms with Gasteiger partial charge in [-0.15, -0.1) is 0 Å². The number of aromatic amines is 1. The zero-order valence-corrected chi connectivity index (χ0v) is 15.9. The summed E-state index contributed by atoms with van der Waals surface area (Å²) in [4.78, 5) is 3.60.